The molecule has 0 radical (unpaired) electrons. The summed E-state index contributed by atoms with van der Waals surface area (Å²) in [6.45, 7) is 0. The summed E-state index contributed by atoms with van der Waals surface area (Å²) in [5.41, 5.74) is 0.838. The first-order chi connectivity index (χ1) is 5.47. The Bertz CT molecular complexity index is 317. The van der Waals surface area contributed by atoms with Crippen molar-refractivity contribution >= 4 is 0 Å². The van der Waals surface area contributed by atoms with Crippen LogP contribution in [0.3, 0.4) is 0 Å². The molecule has 0 saturated carbocycles. The van der Waals surface area contributed by atoms with Crippen LogP contribution in [0.2, 0.25) is 0 Å². The van der Waals surface area contributed by atoms with Gasteiger partial charge in [-0.25, -0.2) is 15.0 Å². The Kier molecular flexibility index (Phi) is 1.37. The maximum Gasteiger partial charge on any atom is 0.181 e. The normalized spacial score (nSPS) is 9.82. The number of hydrogen-bond donors (Lipinski definition) is 0. The largest absolute Gasteiger partial charge is 0.443 e. The van der Waals surface area contributed by atoms with Crippen molar-refractivity contribution in [3.63, 3.8) is 0 Å². The van der Waals surface area contributed by atoms with E-state index in [0.29, 0.717) is 5.76 Å². The van der Waals surface area contributed by atoms with Crippen molar-refractivity contribution < 1.29 is 4.42 Å². The zero-order valence-electron chi connectivity index (χ0n) is 5.64. The monoisotopic (exact) mass is 147 g/mol. The summed E-state index contributed by atoms with van der Waals surface area (Å²) in [5, 5.41) is 0. The molecule has 4 heteroatoms. The van der Waals surface area contributed by atoms with Crippen LogP contribution in [0.1, 0.15) is 0 Å². The van der Waals surface area contributed by atoms with E-state index >= 15 is 0 Å². The van der Waals surface area contributed by atoms with Crippen LogP contribution in [0.15, 0.2) is 35.7 Å². The SMILES string of the molecule is c1ncc(-c2cnco2)cn1. The highest BCUT2D eigenvalue weighted by atomic mass is 16.3. The second-order valence-electron chi connectivity index (χ2n) is 1.99. The summed E-state index contributed by atoms with van der Waals surface area (Å²) >= 11 is 0. The molecule has 0 fully saturated rings. The van der Waals surface area contributed by atoms with Gasteiger partial charge in [-0.3, -0.25) is 0 Å². The van der Waals surface area contributed by atoms with Crippen LogP contribution >= 0.6 is 0 Å². The molecular weight excluding hydrogens is 142 g/mol. The highest BCUT2D eigenvalue weighted by molar-refractivity contribution is 5.52. The lowest BCUT2D eigenvalue weighted by Crippen LogP contribution is -1.78. The van der Waals surface area contributed by atoms with Gasteiger partial charge in [-0.2, -0.15) is 0 Å². The zero-order chi connectivity index (χ0) is 7.52. The lowest BCUT2D eigenvalue weighted by atomic mass is 10.3. The zero-order valence-corrected chi connectivity index (χ0v) is 5.64. The summed E-state index contributed by atoms with van der Waals surface area (Å²) in [4.78, 5) is 11.5. The first kappa shape index (κ1) is 6.03. The van der Waals surface area contributed by atoms with Gasteiger partial charge in [0.1, 0.15) is 6.33 Å². The number of oxazole rings is 1. The van der Waals surface area contributed by atoms with E-state index in [4.69, 9.17) is 4.42 Å². The fourth-order valence-corrected chi connectivity index (χ4v) is 0.785. The number of aromatic nitrogens is 3. The molecule has 0 saturated heterocycles. The van der Waals surface area contributed by atoms with Gasteiger partial charge in [0.25, 0.3) is 0 Å². The summed E-state index contributed by atoms with van der Waals surface area (Å²) in [6, 6.07) is 0. The van der Waals surface area contributed by atoms with Gasteiger partial charge >= 0.3 is 0 Å². The molecule has 0 aliphatic carbocycles. The van der Waals surface area contributed by atoms with Gasteiger partial charge in [0.15, 0.2) is 12.2 Å². The van der Waals surface area contributed by atoms with Crippen LogP contribution in [0.4, 0.5) is 0 Å². The van der Waals surface area contributed by atoms with E-state index < -0.39 is 0 Å². The molecule has 0 aromatic carbocycles. The fraction of sp³-hybridized carbons (Fsp3) is 0. The Morgan fingerprint density at radius 2 is 1.82 bits per heavy atom. The number of hydrogen-bond acceptors (Lipinski definition) is 4. The molecule has 11 heavy (non-hydrogen) atoms. The molecule has 0 aliphatic rings. The van der Waals surface area contributed by atoms with Crippen LogP contribution in [0.25, 0.3) is 11.3 Å². The predicted octanol–water partition coefficient (Wildman–Crippen LogP) is 1.13. The van der Waals surface area contributed by atoms with Crippen LogP contribution in [-0.2, 0) is 0 Å². The average Bonchev–Trinajstić information content (AvgIpc) is 2.58. The van der Waals surface area contributed by atoms with E-state index in [-0.39, 0.29) is 0 Å². The maximum absolute atomic E-state index is 5.03. The van der Waals surface area contributed by atoms with E-state index in [9.17, 15) is 0 Å². The van der Waals surface area contributed by atoms with Crippen LogP contribution in [-0.4, -0.2) is 15.0 Å². The quantitative estimate of drug-likeness (QED) is 0.606. The van der Waals surface area contributed by atoms with Gasteiger partial charge in [0.2, 0.25) is 0 Å². The third kappa shape index (κ3) is 1.10. The summed E-state index contributed by atoms with van der Waals surface area (Å²) in [7, 11) is 0. The van der Waals surface area contributed by atoms with Crippen molar-refractivity contribution in [1.82, 2.24) is 15.0 Å². The molecule has 2 rings (SSSR count). The van der Waals surface area contributed by atoms with Crippen molar-refractivity contribution in [2.75, 3.05) is 0 Å². The first-order valence-electron chi connectivity index (χ1n) is 3.11. The maximum atomic E-state index is 5.03. The Morgan fingerprint density at radius 3 is 2.45 bits per heavy atom. The molecule has 0 spiro atoms. The number of nitrogens with zero attached hydrogens (tertiary/aromatic N) is 3. The average molecular weight is 147 g/mol. The van der Waals surface area contributed by atoms with E-state index in [1.54, 1.807) is 18.6 Å². The molecule has 0 aliphatic heterocycles. The Morgan fingerprint density at radius 1 is 1.00 bits per heavy atom. The van der Waals surface area contributed by atoms with E-state index in [0.717, 1.165) is 5.56 Å². The van der Waals surface area contributed by atoms with Crippen molar-refractivity contribution in [3.05, 3.63) is 31.3 Å². The lowest BCUT2D eigenvalue weighted by Gasteiger charge is -1.90. The smallest absolute Gasteiger partial charge is 0.181 e. The lowest BCUT2D eigenvalue weighted by molar-refractivity contribution is 0.571. The molecule has 4 nitrogen and oxygen atoms in total. The highest BCUT2D eigenvalue weighted by Gasteiger charge is 1.98. The summed E-state index contributed by atoms with van der Waals surface area (Å²) in [6.07, 6.45) is 7.82. The predicted molar refractivity (Wildman–Crippen MR) is 37.5 cm³/mol. The molecular formula is C7H5N3O. The van der Waals surface area contributed by atoms with Crippen LogP contribution in [0.5, 0.6) is 0 Å². The van der Waals surface area contributed by atoms with Crippen molar-refractivity contribution in [2.24, 2.45) is 0 Å². The molecule has 2 aromatic rings. The second kappa shape index (κ2) is 2.49. The molecule has 2 heterocycles. The third-order valence-electron chi connectivity index (χ3n) is 1.28. The molecule has 2 aromatic heterocycles. The standard InChI is InChI=1S/C7H5N3O/c1-6(2-9-4-8-1)7-3-10-5-11-7/h1-5H. The minimum absolute atomic E-state index is 0.686. The van der Waals surface area contributed by atoms with Gasteiger partial charge in [0, 0.05) is 12.4 Å². The summed E-state index contributed by atoms with van der Waals surface area (Å²) < 4.78 is 5.03. The van der Waals surface area contributed by atoms with Crippen molar-refractivity contribution in [3.8, 4) is 11.3 Å². The molecule has 0 amide bonds. The van der Waals surface area contributed by atoms with Crippen LogP contribution < -0.4 is 0 Å². The van der Waals surface area contributed by atoms with E-state index in [1.165, 1.54) is 12.7 Å². The second-order valence-corrected chi connectivity index (χ2v) is 1.99. The van der Waals surface area contributed by atoms with Gasteiger partial charge in [-0.15, -0.1) is 0 Å². The van der Waals surface area contributed by atoms with E-state index in [1.807, 2.05) is 0 Å². The Labute approximate surface area is 62.9 Å². The van der Waals surface area contributed by atoms with Gasteiger partial charge < -0.3 is 4.42 Å². The summed E-state index contributed by atoms with van der Waals surface area (Å²) in [5.74, 6) is 0.686. The molecule has 0 unspecified atom stereocenters. The minimum atomic E-state index is 0.686. The van der Waals surface area contributed by atoms with Crippen molar-refractivity contribution in [1.29, 1.82) is 0 Å². The molecule has 0 N–H and O–H groups in total. The van der Waals surface area contributed by atoms with E-state index in [2.05, 4.69) is 15.0 Å². The minimum Gasteiger partial charge on any atom is -0.443 e. The topological polar surface area (TPSA) is 51.8 Å². The first-order valence-corrected chi connectivity index (χ1v) is 3.11. The van der Waals surface area contributed by atoms with Gasteiger partial charge in [-0.1, -0.05) is 0 Å². The highest BCUT2D eigenvalue weighted by Crippen LogP contribution is 2.14. The molecule has 0 bridgehead atoms. The van der Waals surface area contributed by atoms with Gasteiger partial charge in [0.05, 0.1) is 11.8 Å². The third-order valence-corrected chi connectivity index (χ3v) is 1.28. The van der Waals surface area contributed by atoms with Crippen molar-refractivity contribution in [2.45, 2.75) is 0 Å². The Hall–Kier alpha value is -1.71. The molecule has 0 atom stereocenters. The van der Waals surface area contributed by atoms with Crippen LogP contribution in [0, 0.1) is 0 Å². The molecule has 54 valence electrons. The fourth-order valence-electron chi connectivity index (χ4n) is 0.785. The Balaban J connectivity index is 2.46. The number of rotatable bonds is 1. The van der Waals surface area contributed by atoms with Gasteiger partial charge in [-0.05, 0) is 0 Å².